The Morgan fingerprint density at radius 1 is 0.367 bits per heavy atom. The third-order valence-corrected chi connectivity index (χ3v) is 15.4. The van der Waals surface area contributed by atoms with Crippen molar-refractivity contribution in [2.75, 3.05) is 0 Å². The minimum absolute atomic E-state index is 0.125. The van der Waals surface area contributed by atoms with Crippen LogP contribution >= 0.6 is 23.5 Å². The smallest absolute Gasteiger partial charge is 0.0911 e. The maximum absolute atomic E-state index is 2.51. The molecule has 0 aliphatic carbocycles. The molecule has 282 valence electrons. The Morgan fingerprint density at radius 2 is 0.900 bits per heavy atom. The van der Waals surface area contributed by atoms with Gasteiger partial charge in [0, 0.05) is 25.0 Å². The summed E-state index contributed by atoms with van der Waals surface area (Å²) in [5.41, 5.74) is 14.4. The van der Waals surface area contributed by atoms with Crippen LogP contribution < -0.4 is 16.4 Å². The molecule has 2 aliphatic rings. The molecule has 0 N–H and O–H groups in total. The summed E-state index contributed by atoms with van der Waals surface area (Å²) in [5.74, 6) is 0. The molecule has 0 bridgehead atoms. The van der Waals surface area contributed by atoms with Crippen molar-refractivity contribution < 1.29 is 0 Å². The lowest BCUT2D eigenvalue weighted by atomic mass is 9.36. The van der Waals surface area contributed by atoms with Crippen molar-refractivity contribution in [1.29, 1.82) is 0 Å². The van der Waals surface area contributed by atoms with Crippen LogP contribution in [-0.4, -0.2) is 6.71 Å². The summed E-state index contributed by atoms with van der Waals surface area (Å²) in [7, 11) is 0. The van der Waals surface area contributed by atoms with E-state index in [1.807, 2.05) is 23.5 Å². The summed E-state index contributed by atoms with van der Waals surface area (Å²) >= 11 is 3.89. The van der Waals surface area contributed by atoms with Crippen LogP contribution in [-0.2, 0) is 5.41 Å². The molecule has 10 aromatic rings. The Kier molecular flexibility index (Phi) is 8.27. The van der Waals surface area contributed by atoms with E-state index >= 15 is 0 Å². The molecule has 10 aromatic carbocycles. The molecule has 3 heteroatoms. The van der Waals surface area contributed by atoms with Crippen molar-refractivity contribution in [3.05, 3.63) is 211 Å². The van der Waals surface area contributed by atoms with Crippen molar-refractivity contribution in [1.82, 2.24) is 0 Å². The number of benzene rings is 10. The molecule has 0 saturated heterocycles. The molecule has 60 heavy (non-hydrogen) atoms. The van der Waals surface area contributed by atoms with Gasteiger partial charge in [0.15, 0.2) is 0 Å². The first kappa shape index (κ1) is 35.7. The van der Waals surface area contributed by atoms with Gasteiger partial charge in [-0.3, -0.25) is 0 Å². The number of hydrogen-bond donors (Lipinski definition) is 0. The summed E-state index contributed by atoms with van der Waals surface area (Å²) in [4.78, 5) is 5.43. The first-order chi connectivity index (χ1) is 29.5. The van der Waals surface area contributed by atoms with E-state index in [1.165, 1.54) is 113 Å². The first-order valence-corrected chi connectivity index (χ1v) is 22.5. The average molecular weight is 799 g/mol. The second-order valence-corrected chi connectivity index (χ2v) is 18.9. The summed E-state index contributed by atoms with van der Waals surface area (Å²) in [5, 5.41) is 7.66. The van der Waals surface area contributed by atoms with E-state index in [0.29, 0.717) is 0 Å². The van der Waals surface area contributed by atoms with Crippen LogP contribution in [0.4, 0.5) is 0 Å². The van der Waals surface area contributed by atoms with E-state index < -0.39 is 0 Å². The van der Waals surface area contributed by atoms with Crippen molar-refractivity contribution in [3.8, 4) is 33.4 Å². The molecule has 12 rings (SSSR count). The quantitative estimate of drug-likeness (QED) is 0.126. The zero-order chi connectivity index (χ0) is 40.0. The number of fused-ring (bicyclic) bond motifs is 7. The Balaban J connectivity index is 1.03. The average Bonchev–Trinajstić information content (AvgIpc) is 3.30. The summed E-state index contributed by atoms with van der Waals surface area (Å²) in [6.07, 6.45) is 0. The maximum Gasteiger partial charge on any atom is 0.247 e. The third-order valence-electron chi connectivity index (χ3n) is 13.1. The van der Waals surface area contributed by atoms with Gasteiger partial charge in [-0.15, -0.1) is 0 Å². The monoisotopic (exact) mass is 798 g/mol. The molecule has 0 spiro atoms. The van der Waals surface area contributed by atoms with Gasteiger partial charge in [0.2, 0.25) is 6.71 Å². The lowest BCUT2D eigenvalue weighted by molar-refractivity contribution is 0.639. The van der Waals surface area contributed by atoms with Gasteiger partial charge >= 0.3 is 0 Å². The number of rotatable bonds is 5. The normalized spacial score (nSPS) is 13.0. The molecular weight excluding hydrogens is 760 g/mol. The van der Waals surface area contributed by atoms with Crippen LogP contribution in [0.3, 0.4) is 0 Å². The fraction of sp³-hybridized carbons (Fsp3) is 0.0526. The van der Waals surface area contributed by atoms with Crippen LogP contribution in [0.1, 0.15) is 25.0 Å². The van der Waals surface area contributed by atoms with Crippen molar-refractivity contribution >= 4 is 78.9 Å². The van der Waals surface area contributed by atoms with Crippen LogP contribution in [0, 0.1) is 0 Å². The molecule has 0 atom stereocenters. The van der Waals surface area contributed by atoms with Crippen LogP contribution in [0.15, 0.2) is 220 Å². The molecule has 0 fully saturated rings. The predicted molar refractivity (Wildman–Crippen MR) is 260 cm³/mol. The van der Waals surface area contributed by atoms with E-state index in [-0.39, 0.29) is 12.1 Å². The standard InChI is InChI=1S/C57H39BS2/c1-57(2,40-17-4-3-5-18-40)41-31-32-49-51(35-41)60-53-34-39(33-52-56(53)58(49)48-25-12-13-26-50(48)59-52)55-46-22-10-8-20-44(46)54(45-21-9-11-23-47(45)55)38-29-27-37(28-30-38)43-24-14-16-36-15-6-7-19-42(36)43/h3-35H,1-2H3. The van der Waals surface area contributed by atoms with E-state index in [0.717, 1.165) is 0 Å². The fourth-order valence-electron chi connectivity index (χ4n) is 10.0. The van der Waals surface area contributed by atoms with E-state index in [2.05, 4.69) is 214 Å². The zero-order valence-electron chi connectivity index (χ0n) is 33.4. The van der Waals surface area contributed by atoms with Crippen LogP contribution in [0.5, 0.6) is 0 Å². The molecule has 0 nitrogen and oxygen atoms in total. The SMILES string of the molecule is CC(C)(c1ccccc1)c1ccc2c(c1)Sc1cc(-c3c4ccccc4c(-c4ccc(-c5cccc6ccccc56)cc4)c4ccccc34)cc3c1B2c1ccccc1S3. The van der Waals surface area contributed by atoms with E-state index in [4.69, 9.17) is 0 Å². The minimum atomic E-state index is -0.125. The fourth-order valence-corrected chi connectivity index (χ4v) is 12.6. The van der Waals surface area contributed by atoms with Crippen molar-refractivity contribution in [3.63, 3.8) is 0 Å². The lowest BCUT2D eigenvalue weighted by Crippen LogP contribution is -2.58. The lowest BCUT2D eigenvalue weighted by Gasteiger charge is -2.35. The van der Waals surface area contributed by atoms with Crippen LogP contribution in [0.25, 0.3) is 65.7 Å². The predicted octanol–water partition coefficient (Wildman–Crippen LogP) is 13.9. The Labute approximate surface area is 360 Å². The highest BCUT2D eigenvalue weighted by molar-refractivity contribution is 8.01. The molecule has 0 aromatic heterocycles. The topological polar surface area (TPSA) is 0 Å². The van der Waals surface area contributed by atoms with Gasteiger partial charge in [0.25, 0.3) is 0 Å². The van der Waals surface area contributed by atoms with Gasteiger partial charge in [-0.1, -0.05) is 224 Å². The minimum Gasteiger partial charge on any atom is -0.0911 e. The van der Waals surface area contributed by atoms with Crippen LogP contribution in [0.2, 0.25) is 0 Å². The summed E-state index contributed by atoms with van der Waals surface area (Å²) in [6.45, 7) is 4.90. The van der Waals surface area contributed by atoms with Gasteiger partial charge in [-0.05, 0) is 107 Å². The van der Waals surface area contributed by atoms with E-state index in [1.54, 1.807) is 0 Å². The number of hydrogen-bond acceptors (Lipinski definition) is 2. The molecular formula is C57H39BS2. The van der Waals surface area contributed by atoms with Gasteiger partial charge < -0.3 is 0 Å². The Hall–Kier alpha value is -6.26. The Morgan fingerprint density at radius 3 is 1.60 bits per heavy atom. The third kappa shape index (κ3) is 5.56. The highest BCUT2D eigenvalue weighted by atomic mass is 32.2. The van der Waals surface area contributed by atoms with Gasteiger partial charge in [0.05, 0.1) is 0 Å². The molecule has 0 saturated carbocycles. The zero-order valence-corrected chi connectivity index (χ0v) is 35.1. The molecule has 2 aliphatic heterocycles. The van der Waals surface area contributed by atoms with Gasteiger partial charge in [-0.2, -0.15) is 0 Å². The highest BCUT2D eigenvalue weighted by Crippen LogP contribution is 2.48. The Bertz CT molecular complexity index is 3280. The summed E-state index contributed by atoms with van der Waals surface area (Å²) in [6, 6.07) is 75.0. The van der Waals surface area contributed by atoms with Gasteiger partial charge in [-0.25, -0.2) is 0 Å². The molecule has 0 radical (unpaired) electrons. The van der Waals surface area contributed by atoms with E-state index in [9.17, 15) is 0 Å². The van der Waals surface area contributed by atoms with Gasteiger partial charge in [0.1, 0.15) is 0 Å². The van der Waals surface area contributed by atoms with Crippen molar-refractivity contribution in [2.24, 2.45) is 0 Å². The molecule has 0 amide bonds. The molecule has 2 heterocycles. The highest BCUT2D eigenvalue weighted by Gasteiger charge is 2.39. The second kappa shape index (κ2) is 13.9. The summed E-state index contributed by atoms with van der Waals surface area (Å²) < 4.78 is 0. The maximum atomic E-state index is 2.51. The van der Waals surface area contributed by atoms with Crippen molar-refractivity contribution in [2.45, 2.75) is 38.8 Å². The largest absolute Gasteiger partial charge is 0.247 e. The second-order valence-electron chi connectivity index (χ2n) is 16.8. The first-order valence-electron chi connectivity index (χ1n) is 20.9. The molecule has 0 unspecified atom stereocenters.